The molecular formula is C12H12ClNO3. The monoisotopic (exact) mass is 253 g/mol. The average molecular weight is 254 g/mol. The third kappa shape index (κ3) is 2.08. The van der Waals surface area contributed by atoms with E-state index >= 15 is 0 Å². The smallest absolute Gasteiger partial charge is 0.339 e. The van der Waals surface area contributed by atoms with Crippen LogP contribution in [-0.2, 0) is 4.74 Å². The maximum absolute atomic E-state index is 11.6. The SMILES string of the molecule is CCOC(=O)c1cc2c(OC)c(Cl)ccn2c1. The normalized spacial score (nSPS) is 10.5. The van der Waals surface area contributed by atoms with Crippen LogP contribution in [0.3, 0.4) is 0 Å². The zero-order valence-corrected chi connectivity index (χ0v) is 10.3. The van der Waals surface area contributed by atoms with E-state index < -0.39 is 0 Å². The van der Waals surface area contributed by atoms with Crippen LogP contribution in [-0.4, -0.2) is 24.1 Å². The van der Waals surface area contributed by atoms with Gasteiger partial charge < -0.3 is 13.9 Å². The summed E-state index contributed by atoms with van der Waals surface area (Å²) >= 11 is 6.00. The molecule has 0 saturated carbocycles. The number of carbonyl (C=O) groups is 1. The van der Waals surface area contributed by atoms with Crippen molar-refractivity contribution in [2.45, 2.75) is 6.92 Å². The second kappa shape index (κ2) is 4.67. The van der Waals surface area contributed by atoms with Crippen LogP contribution in [0.4, 0.5) is 0 Å². The van der Waals surface area contributed by atoms with Gasteiger partial charge in [0.05, 0.1) is 29.8 Å². The zero-order valence-electron chi connectivity index (χ0n) is 9.57. The van der Waals surface area contributed by atoms with Gasteiger partial charge in [0.25, 0.3) is 0 Å². The van der Waals surface area contributed by atoms with E-state index in [4.69, 9.17) is 21.1 Å². The van der Waals surface area contributed by atoms with Gasteiger partial charge in [-0.15, -0.1) is 0 Å². The Labute approximate surface area is 104 Å². The van der Waals surface area contributed by atoms with Gasteiger partial charge in [0.2, 0.25) is 0 Å². The second-order valence-corrected chi connectivity index (χ2v) is 3.85. The van der Waals surface area contributed by atoms with Crippen molar-refractivity contribution in [1.29, 1.82) is 0 Å². The Hall–Kier alpha value is -1.68. The standard InChI is InChI=1S/C12H12ClNO3/c1-3-17-12(15)8-6-10-11(16-2)9(13)4-5-14(10)7-8/h4-7H,3H2,1-2H3. The minimum absolute atomic E-state index is 0.350. The number of carbonyl (C=O) groups excluding carboxylic acids is 1. The first kappa shape index (κ1) is 11.8. The third-order valence-corrected chi connectivity index (χ3v) is 2.69. The summed E-state index contributed by atoms with van der Waals surface area (Å²) in [7, 11) is 1.54. The average Bonchev–Trinajstić information content (AvgIpc) is 2.73. The maximum Gasteiger partial charge on any atom is 0.339 e. The summed E-state index contributed by atoms with van der Waals surface area (Å²) in [5.74, 6) is 0.194. The first-order valence-corrected chi connectivity index (χ1v) is 5.56. The molecule has 0 spiro atoms. The molecule has 0 radical (unpaired) electrons. The van der Waals surface area contributed by atoms with Gasteiger partial charge in [-0.25, -0.2) is 4.79 Å². The van der Waals surface area contributed by atoms with Crippen LogP contribution in [0, 0.1) is 0 Å². The molecular weight excluding hydrogens is 242 g/mol. The lowest BCUT2D eigenvalue weighted by molar-refractivity contribution is 0.0526. The maximum atomic E-state index is 11.6. The predicted octanol–water partition coefficient (Wildman–Crippen LogP) is 2.78. The summed E-state index contributed by atoms with van der Waals surface area (Å²) in [5.41, 5.74) is 1.22. The number of hydrogen-bond acceptors (Lipinski definition) is 3. The summed E-state index contributed by atoms with van der Waals surface area (Å²) in [6, 6.07) is 3.41. The Balaban J connectivity index is 2.53. The van der Waals surface area contributed by atoms with E-state index in [1.54, 1.807) is 35.9 Å². The minimum Gasteiger partial charge on any atom is -0.493 e. The highest BCUT2D eigenvalue weighted by molar-refractivity contribution is 6.32. The summed E-state index contributed by atoms with van der Waals surface area (Å²) in [6.07, 6.45) is 3.45. The van der Waals surface area contributed by atoms with E-state index in [0.717, 1.165) is 5.52 Å². The molecule has 2 rings (SSSR count). The molecule has 0 aliphatic rings. The Bertz CT molecular complexity index is 562. The van der Waals surface area contributed by atoms with Crippen molar-refractivity contribution >= 4 is 23.1 Å². The molecule has 2 aromatic heterocycles. The van der Waals surface area contributed by atoms with Crippen LogP contribution >= 0.6 is 11.6 Å². The number of nitrogens with zero attached hydrogens (tertiary/aromatic N) is 1. The lowest BCUT2D eigenvalue weighted by Crippen LogP contribution is -2.02. The largest absolute Gasteiger partial charge is 0.493 e. The van der Waals surface area contributed by atoms with Gasteiger partial charge in [-0.1, -0.05) is 11.6 Å². The molecule has 0 N–H and O–H groups in total. The molecule has 2 aromatic rings. The van der Waals surface area contributed by atoms with Crippen molar-refractivity contribution < 1.29 is 14.3 Å². The highest BCUT2D eigenvalue weighted by Crippen LogP contribution is 2.30. The van der Waals surface area contributed by atoms with Crippen molar-refractivity contribution in [2.75, 3.05) is 13.7 Å². The third-order valence-electron chi connectivity index (χ3n) is 2.39. The van der Waals surface area contributed by atoms with Crippen molar-refractivity contribution in [3.05, 3.63) is 35.1 Å². The number of esters is 1. The highest BCUT2D eigenvalue weighted by atomic mass is 35.5. The molecule has 90 valence electrons. The lowest BCUT2D eigenvalue weighted by atomic mass is 10.3. The molecule has 0 unspecified atom stereocenters. The molecule has 0 aliphatic heterocycles. The molecule has 0 saturated heterocycles. The van der Waals surface area contributed by atoms with E-state index in [0.29, 0.717) is 22.9 Å². The molecule has 4 nitrogen and oxygen atoms in total. The topological polar surface area (TPSA) is 39.9 Å². The fourth-order valence-corrected chi connectivity index (χ4v) is 1.89. The number of methoxy groups -OCH3 is 1. The molecule has 17 heavy (non-hydrogen) atoms. The van der Waals surface area contributed by atoms with Crippen LogP contribution in [0.5, 0.6) is 5.75 Å². The summed E-state index contributed by atoms with van der Waals surface area (Å²) < 4.78 is 11.9. The Morgan fingerprint density at radius 1 is 1.53 bits per heavy atom. The number of aromatic nitrogens is 1. The summed E-state index contributed by atoms with van der Waals surface area (Å²) in [5, 5.41) is 0.508. The van der Waals surface area contributed by atoms with Crippen molar-refractivity contribution in [3.8, 4) is 5.75 Å². The van der Waals surface area contributed by atoms with Crippen LogP contribution in [0.25, 0.3) is 5.52 Å². The van der Waals surface area contributed by atoms with Crippen molar-refractivity contribution in [1.82, 2.24) is 4.40 Å². The zero-order chi connectivity index (χ0) is 12.4. The number of pyridine rings is 1. The fraction of sp³-hybridized carbons (Fsp3) is 0.250. The number of fused-ring (bicyclic) bond motifs is 1. The molecule has 0 atom stereocenters. The lowest BCUT2D eigenvalue weighted by Gasteiger charge is -2.04. The molecule has 0 amide bonds. The molecule has 0 fully saturated rings. The highest BCUT2D eigenvalue weighted by Gasteiger charge is 2.13. The fourth-order valence-electron chi connectivity index (χ4n) is 1.66. The van der Waals surface area contributed by atoms with E-state index in [1.165, 1.54) is 7.11 Å². The predicted molar refractivity (Wildman–Crippen MR) is 64.9 cm³/mol. The molecule has 0 aromatic carbocycles. The van der Waals surface area contributed by atoms with Gasteiger partial charge in [-0.3, -0.25) is 0 Å². The van der Waals surface area contributed by atoms with Gasteiger partial charge in [0, 0.05) is 12.4 Å². The van der Waals surface area contributed by atoms with Gasteiger partial charge >= 0.3 is 5.97 Å². The van der Waals surface area contributed by atoms with Crippen LogP contribution < -0.4 is 4.74 Å². The Morgan fingerprint density at radius 3 is 2.94 bits per heavy atom. The Kier molecular flexibility index (Phi) is 3.24. The van der Waals surface area contributed by atoms with Gasteiger partial charge in [-0.2, -0.15) is 0 Å². The second-order valence-electron chi connectivity index (χ2n) is 3.44. The van der Waals surface area contributed by atoms with Crippen molar-refractivity contribution in [2.24, 2.45) is 0 Å². The van der Waals surface area contributed by atoms with Gasteiger partial charge in [0.1, 0.15) is 0 Å². The van der Waals surface area contributed by atoms with E-state index in [9.17, 15) is 4.79 Å². The molecule has 5 heteroatoms. The van der Waals surface area contributed by atoms with Gasteiger partial charge in [-0.05, 0) is 19.1 Å². The first-order chi connectivity index (χ1) is 8.17. The molecule has 0 bridgehead atoms. The van der Waals surface area contributed by atoms with Crippen LogP contribution in [0.2, 0.25) is 5.02 Å². The number of ether oxygens (including phenoxy) is 2. The molecule has 2 heterocycles. The van der Waals surface area contributed by atoms with Crippen LogP contribution in [0.1, 0.15) is 17.3 Å². The van der Waals surface area contributed by atoms with E-state index in [-0.39, 0.29) is 5.97 Å². The quantitative estimate of drug-likeness (QED) is 0.790. The van der Waals surface area contributed by atoms with Gasteiger partial charge in [0.15, 0.2) is 5.75 Å². The first-order valence-electron chi connectivity index (χ1n) is 5.18. The summed E-state index contributed by atoms with van der Waals surface area (Å²) in [4.78, 5) is 11.6. The van der Waals surface area contributed by atoms with Crippen molar-refractivity contribution in [3.63, 3.8) is 0 Å². The number of halogens is 1. The van der Waals surface area contributed by atoms with E-state index in [1.807, 2.05) is 0 Å². The van der Waals surface area contributed by atoms with E-state index in [2.05, 4.69) is 0 Å². The number of rotatable bonds is 3. The van der Waals surface area contributed by atoms with Crippen LogP contribution in [0.15, 0.2) is 24.5 Å². The summed E-state index contributed by atoms with van der Waals surface area (Å²) in [6.45, 7) is 2.12. The minimum atomic E-state index is -0.352. The Morgan fingerprint density at radius 2 is 2.29 bits per heavy atom. The molecule has 0 aliphatic carbocycles. The number of hydrogen-bond donors (Lipinski definition) is 0.